The van der Waals surface area contributed by atoms with E-state index in [0.29, 0.717) is 17.1 Å². The smallest absolute Gasteiger partial charge is 0.246 e. The molecular weight excluding hydrogens is 374 g/mol. The lowest BCUT2D eigenvalue weighted by Crippen LogP contribution is -2.23. The Balaban J connectivity index is 1.46. The molecule has 2 aromatic carbocycles. The highest BCUT2D eigenvalue weighted by Gasteiger charge is 2.12. The number of hydrogen-bond acceptors (Lipinski definition) is 7. The first-order valence-electron chi connectivity index (χ1n) is 9.00. The van der Waals surface area contributed by atoms with Gasteiger partial charge >= 0.3 is 0 Å². The zero-order chi connectivity index (χ0) is 20.6. The molecule has 8 heteroatoms. The third-order valence-electron chi connectivity index (χ3n) is 4.24. The van der Waals surface area contributed by atoms with Crippen molar-refractivity contribution in [1.29, 1.82) is 0 Å². The van der Waals surface area contributed by atoms with Gasteiger partial charge in [0.2, 0.25) is 17.6 Å². The summed E-state index contributed by atoms with van der Waals surface area (Å²) in [6.45, 7) is 0.0959. The fourth-order valence-electron chi connectivity index (χ4n) is 2.59. The van der Waals surface area contributed by atoms with Crippen LogP contribution in [0.15, 0.2) is 53.1 Å². The van der Waals surface area contributed by atoms with Gasteiger partial charge in [-0.3, -0.25) is 9.59 Å². The monoisotopic (exact) mass is 395 g/mol. The number of carbonyl (C=O) groups excluding carboxylic acids is 2. The Morgan fingerprint density at radius 3 is 2.17 bits per heavy atom. The summed E-state index contributed by atoms with van der Waals surface area (Å²) in [6.07, 6.45) is 0.184. The molecule has 0 saturated heterocycles. The van der Waals surface area contributed by atoms with Crippen LogP contribution < -0.4 is 14.8 Å². The molecule has 0 fully saturated rings. The van der Waals surface area contributed by atoms with E-state index < -0.39 is 0 Å². The SMILES string of the molecule is COc1ccc(C(=O)CCC(=O)NCc2nc(-c3ccc(OC)cc3)no2)cc1. The molecule has 1 aromatic heterocycles. The molecule has 1 amide bonds. The van der Waals surface area contributed by atoms with Gasteiger partial charge in [0.15, 0.2) is 5.78 Å². The molecule has 0 unspecified atom stereocenters. The van der Waals surface area contributed by atoms with E-state index in [1.807, 2.05) is 12.1 Å². The molecule has 0 aliphatic carbocycles. The van der Waals surface area contributed by atoms with E-state index in [4.69, 9.17) is 14.0 Å². The lowest BCUT2D eigenvalue weighted by Gasteiger charge is -2.04. The number of aromatic nitrogens is 2. The van der Waals surface area contributed by atoms with Crippen molar-refractivity contribution in [3.63, 3.8) is 0 Å². The van der Waals surface area contributed by atoms with Crippen LogP contribution in [0.4, 0.5) is 0 Å². The Labute approximate surface area is 167 Å². The van der Waals surface area contributed by atoms with Crippen molar-refractivity contribution in [2.75, 3.05) is 14.2 Å². The Morgan fingerprint density at radius 1 is 0.931 bits per heavy atom. The maximum absolute atomic E-state index is 12.2. The molecule has 0 saturated carbocycles. The van der Waals surface area contributed by atoms with Crippen molar-refractivity contribution in [3.8, 4) is 22.9 Å². The minimum absolute atomic E-state index is 0.0737. The molecule has 0 bridgehead atoms. The first-order valence-corrected chi connectivity index (χ1v) is 9.00. The molecule has 8 nitrogen and oxygen atoms in total. The van der Waals surface area contributed by atoms with E-state index in [1.54, 1.807) is 50.6 Å². The van der Waals surface area contributed by atoms with Gasteiger partial charge in [-0.2, -0.15) is 4.98 Å². The first-order chi connectivity index (χ1) is 14.1. The minimum atomic E-state index is -0.268. The maximum Gasteiger partial charge on any atom is 0.246 e. The average Bonchev–Trinajstić information content (AvgIpc) is 3.25. The van der Waals surface area contributed by atoms with E-state index in [-0.39, 0.29) is 37.0 Å². The molecule has 1 heterocycles. The normalized spacial score (nSPS) is 10.4. The molecular formula is C21H21N3O5. The molecule has 150 valence electrons. The van der Waals surface area contributed by atoms with Crippen molar-refractivity contribution >= 4 is 11.7 Å². The van der Waals surface area contributed by atoms with Gasteiger partial charge < -0.3 is 19.3 Å². The molecule has 1 N–H and O–H groups in total. The van der Waals surface area contributed by atoms with Crippen molar-refractivity contribution < 1.29 is 23.6 Å². The van der Waals surface area contributed by atoms with Gasteiger partial charge in [0.05, 0.1) is 20.8 Å². The molecule has 0 spiro atoms. The van der Waals surface area contributed by atoms with E-state index in [2.05, 4.69) is 15.5 Å². The lowest BCUT2D eigenvalue weighted by atomic mass is 10.1. The highest BCUT2D eigenvalue weighted by atomic mass is 16.5. The quantitative estimate of drug-likeness (QED) is 0.555. The summed E-state index contributed by atoms with van der Waals surface area (Å²) < 4.78 is 15.3. The predicted molar refractivity (Wildman–Crippen MR) is 105 cm³/mol. The van der Waals surface area contributed by atoms with Crippen LogP contribution in [0.3, 0.4) is 0 Å². The second-order valence-corrected chi connectivity index (χ2v) is 6.17. The Bertz CT molecular complexity index is 965. The fraction of sp³-hybridized carbons (Fsp3) is 0.238. The van der Waals surface area contributed by atoms with Crippen molar-refractivity contribution in [2.24, 2.45) is 0 Å². The summed E-state index contributed by atoms with van der Waals surface area (Å²) in [6, 6.07) is 14.0. The van der Waals surface area contributed by atoms with Crippen LogP contribution in [-0.2, 0) is 11.3 Å². The average molecular weight is 395 g/mol. The van der Waals surface area contributed by atoms with Gasteiger partial charge in [0, 0.05) is 24.0 Å². The number of hydrogen-bond donors (Lipinski definition) is 1. The Kier molecular flexibility index (Phi) is 6.57. The highest BCUT2D eigenvalue weighted by Crippen LogP contribution is 2.19. The molecule has 0 aliphatic rings. The summed E-state index contributed by atoms with van der Waals surface area (Å²) >= 11 is 0. The summed E-state index contributed by atoms with van der Waals surface area (Å²) in [5.41, 5.74) is 1.32. The van der Waals surface area contributed by atoms with Gasteiger partial charge in [-0.1, -0.05) is 5.16 Å². The van der Waals surface area contributed by atoms with Gasteiger partial charge in [-0.05, 0) is 48.5 Å². The lowest BCUT2D eigenvalue weighted by molar-refractivity contribution is -0.121. The van der Waals surface area contributed by atoms with E-state index >= 15 is 0 Å². The third-order valence-corrected chi connectivity index (χ3v) is 4.24. The van der Waals surface area contributed by atoms with Gasteiger partial charge in [0.1, 0.15) is 11.5 Å². The fourth-order valence-corrected chi connectivity index (χ4v) is 2.59. The van der Waals surface area contributed by atoms with Crippen molar-refractivity contribution in [1.82, 2.24) is 15.5 Å². The van der Waals surface area contributed by atoms with Crippen LogP contribution >= 0.6 is 0 Å². The van der Waals surface area contributed by atoms with Gasteiger partial charge in [-0.25, -0.2) is 0 Å². The number of rotatable bonds is 9. The van der Waals surface area contributed by atoms with Crippen LogP contribution in [0.1, 0.15) is 29.1 Å². The van der Waals surface area contributed by atoms with E-state index in [9.17, 15) is 9.59 Å². The number of nitrogens with one attached hydrogen (secondary N) is 1. The van der Waals surface area contributed by atoms with Gasteiger partial charge in [-0.15, -0.1) is 0 Å². The maximum atomic E-state index is 12.2. The molecule has 3 aromatic rings. The second kappa shape index (κ2) is 9.50. The summed E-state index contributed by atoms with van der Waals surface area (Å²) in [4.78, 5) is 28.4. The van der Waals surface area contributed by atoms with Gasteiger partial charge in [0.25, 0.3) is 0 Å². The summed E-state index contributed by atoms with van der Waals surface area (Å²) in [7, 11) is 3.15. The van der Waals surface area contributed by atoms with Crippen LogP contribution in [0, 0.1) is 0 Å². The van der Waals surface area contributed by atoms with Crippen LogP contribution in [0.2, 0.25) is 0 Å². The molecule has 3 rings (SSSR count). The number of benzene rings is 2. The molecule has 0 atom stereocenters. The number of carbonyl (C=O) groups is 2. The number of methoxy groups -OCH3 is 2. The highest BCUT2D eigenvalue weighted by molar-refractivity contribution is 5.98. The largest absolute Gasteiger partial charge is 0.497 e. The Morgan fingerprint density at radius 2 is 1.55 bits per heavy atom. The zero-order valence-corrected chi connectivity index (χ0v) is 16.2. The second-order valence-electron chi connectivity index (χ2n) is 6.17. The molecule has 29 heavy (non-hydrogen) atoms. The van der Waals surface area contributed by atoms with Crippen molar-refractivity contribution in [2.45, 2.75) is 19.4 Å². The standard InChI is InChI=1S/C21H21N3O5/c1-27-16-7-3-14(4-8-16)18(25)11-12-19(26)22-13-20-23-21(24-29-20)15-5-9-17(28-2)10-6-15/h3-10H,11-13H2,1-2H3,(H,22,26). The third kappa shape index (κ3) is 5.41. The van der Waals surface area contributed by atoms with E-state index in [0.717, 1.165) is 11.3 Å². The van der Waals surface area contributed by atoms with Crippen LogP contribution in [-0.4, -0.2) is 36.1 Å². The summed E-state index contributed by atoms with van der Waals surface area (Å²) in [5, 5.41) is 6.58. The predicted octanol–water partition coefficient (Wildman–Crippen LogP) is 3.03. The number of amides is 1. The number of Topliss-reactive ketones (excluding diaryl/α,β-unsaturated/α-hetero) is 1. The van der Waals surface area contributed by atoms with Crippen LogP contribution in [0.5, 0.6) is 11.5 Å². The first kappa shape index (κ1) is 20.1. The summed E-state index contributed by atoms with van der Waals surface area (Å²) in [5.74, 6) is 1.73. The molecule has 0 radical (unpaired) electrons. The Hall–Kier alpha value is -3.68. The topological polar surface area (TPSA) is 104 Å². The molecule has 0 aliphatic heterocycles. The zero-order valence-electron chi connectivity index (χ0n) is 16.2. The van der Waals surface area contributed by atoms with Crippen LogP contribution in [0.25, 0.3) is 11.4 Å². The van der Waals surface area contributed by atoms with Crippen molar-refractivity contribution in [3.05, 3.63) is 60.0 Å². The number of ether oxygens (including phenoxy) is 2. The van der Waals surface area contributed by atoms with E-state index in [1.165, 1.54) is 0 Å². The minimum Gasteiger partial charge on any atom is -0.497 e. The number of nitrogens with zero attached hydrogens (tertiary/aromatic N) is 2. The number of ketones is 1.